The van der Waals surface area contributed by atoms with Gasteiger partial charge >= 0.3 is 11.8 Å². The van der Waals surface area contributed by atoms with Crippen molar-refractivity contribution in [1.82, 2.24) is 10.6 Å². The Kier molecular flexibility index (Phi) is 3.69. The van der Waals surface area contributed by atoms with Crippen LogP contribution in [-0.2, 0) is 9.59 Å². The van der Waals surface area contributed by atoms with Gasteiger partial charge in [0.25, 0.3) is 0 Å². The van der Waals surface area contributed by atoms with E-state index in [2.05, 4.69) is 16.7 Å². The lowest BCUT2D eigenvalue weighted by atomic mass is 9.97. The van der Waals surface area contributed by atoms with Crippen LogP contribution in [-0.4, -0.2) is 31.4 Å². The van der Waals surface area contributed by atoms with E-state index in [9.17, 15) is 9.59 Å². The van der Waals surface area contributed by atoms with Crippen molar-refractivity contribution in [2.75, 3.05) is 24.5 Å². The fourth-order valence-corrected chi connectivity index (χ4v) is 2.87. The molecule has 0 aliphatic carbocycles. The molecule has 1 unspecified atom stereocenters. The van der Waals surface area contributed by atoms with Crippen LogP contribution in [0.5, 0.6) is 0 Å². The van der Waals surface area contributed by atoms with Crippen LogP contribution in [0, 0.1) is 0 Å². The van der Waals surface area contributed by atoms with E-state index in [0.717, 1.165) is 18.7 Å². The fraction of sp³-hybridized carbons (Fsp3) is 0.467. The van der Waals surface area contributed by atoms with Crippen molar-refractivity contribution in [1.29, 1.82) is 0 Å². The van der Waals surface area contributed by atoms with Crippen LogP contribution in [0.15, 0.2) is 24.3 Å². The van der Waals surface area contributed by atoms with Gasteiger partial charge in [-0.25, -0.2) is 0 Å². The zero-order chi connectivity index (χ0) is 13.9. The third kappa shape index (κ3) is 2.54. The number of benzene rings is 1. The third-order valence-corrected chi connectivity index (χ3v) is 3.95. The molecule has 3 rings (SSSR count). The van der Waals surface area contributed by atoms with Crippen molar-refractivity contribution in [2.24, 2.45) is 0 Å². The standard InChI is InChI=1S/C15H19N3O2/c19-14-15(20)18(9-8-17-14)12-5-3-4-11(10-12)13-6-1-2-7-16-13/h3-5,10,13,16H,1-2,6-9H2,(H,17,19). The predicted molar refractivity (Wildman–Crippen MR) is 76.4 cm³/mol. The highest BCUT2D eigenvalue weighted by Crippen LogP contribution is 2.26. The average Bonchev–Trinajstić information content (AvgIpc) is 2.51. The molecule has 1 aromatic rings. The summed E-state index contributed by atoms with van der Waals surface area (Å²) in [6, 6.07) is 8.32. The number of amides is 2. The minimum absolute atomic E-state index is 0.359. The van der Waals surface area contributed by atoms with Crippen LogP contribution >= 0.6 is 0 Å². The number of hydrogen-bond acceptors (Lipinski definition) is 3. The zero-order valence-corrected chi connectivity index (χ0v) is 11.4. The summed E-state index contributed by atoms with van der Waals surface area (Å²) in [6.45, 7) is 2.09. The number of carbonyl (C=O) groups is 2. The van der Waals surface area contributed by atoms with E-state index in [0.29, 0.717) is 19.1 Å². The summed E-state index contributed by atoms with van der Waals surface area (Å²) >= 11 is 0. The summed E-state index contributed by atoms with van der Waals surface area (Å²) < 4.78 is 0. The smallest absolute Gasteiger partial charge is 0.316 e. The first-order chi connectivity index (χ1) is 9.75. The van der Waals surface area contributed by atoms with Gasteiger partial charge in [-0.15, -0.1) is 0 Å². The summed E-state index contributed by atoms with van der Waals surface area (Å²) in [6.07, 6.45) is 3.58. The van der Waals surface area contributed by atoms with Gasteiger partial charge in [0.2, 0.25) is 0 Å². The molecule has 2 saturated heterocycles. The first-order valence-corrected chi connectivity index (χ1v) is 7.19. The molecule has 20 heavy (non-hydrogen) atoms. The Balaban J connectivity index is 1.83. The molecular formula is C15H19N3O2. The van der Waals surface area contributed by atoms with Crippen LogP contribution in [0.2, 0.25) is 0 Å². The monoisotopic (exact) mass is 273 g/mol. The Labute approximate surface area is 118 Å². The SMILES string of the molecule is O=C1NCCN(c2cccc(C3CCCCN3)c2)C1=O. The lowest BCUT2D eigenvalue weighted by molar-refractivity contribution is -0.138. The van der Waals surface area contributed by atoms with Crippen LogP contribution in [0.4, 0.5) is 5.69 Å². The minimum Gasteiger partial charge on any atom is -0.346 e. The molecular weight excluding hydrogens is 254 g/mol. The predicted octanol–water partition coefficient (Wildman–Crippen LogP) is 0.964. The number of anilines is 1. The number of piperidine rings is 1. The van der Waals surface area contributed by atoms with Crippen LogP contribution in [0.3, 0.4) is 0 Å². The van der Waals surface area contributed by atoms with Gasteiger partial charge in [-0.05, 0) is 37.1 Å². The van der Waals surface area contributed by atoms with Crippen LogP contribution in [0.1, 0.15) is 30.9 Å². The average molecular weight is 273 g/mol. The Morgan fingerprint density at radius 1 is 1.15 bits per heavy atom. The molecule has 2 fully saturated rings. The van der Waals surface area contributed by atoms with E-state index in [1.165, 1.54) is 18.4 Å². The molecule has 2 aliphatic heterocycles. The number of rotatable bonds is 2. The molecule has 0 spiro atoms. The topological polar surface area (TPSA) is 61.4 Å². The van der Waals surface area contributed by atoms with Gasteiger partial charge in [0, 0.05) is 24.8 Å². The molecule has 1 atom stereocenters. The number of hydrogen-bond donors (Lipinski definition) is 2. The van der Waals surface area contributed by atoms with Gasteiger partial charge in [0.1, 0.15) is 0 Å². The minimum atomic E-state index is -0.516. The van der Waals surface area contributed by atoms with Crippen molar-refractivity contribution in [3.8, 4) is 0 Å². The van der Waals surface area contributed by atoms with Crippen molar-refractivity contribution in [3.63, 3.8) is 0 Å². The molecule has 5 heteroatoms. The Morgan fingerprint density at radius 2 is 2.05 bits per heavy atom. The maximum absolute atomic E-state index is 11.9. The third-order valence-electron chi connectivity index (χ3n) is 3.95. The van der Waals surface area contributed by atoms with E-state index in [4.69, 9.17) is 0 Å². The highest BCUT2D eigenvalue weighted by Gasteiger charge is 2.27. The molecule has 0 bridgehead atoms. The normalized spacial score (nSPS) is 23.6. The van der Waals surface area contributed by atoms with E-state index in [1.54, 1.807) is 4.90 Å². The number of nitrogens with one attached hydrogen (secondary N) is 2. The maximum Gasteiger partial charge on any atom is 0.316 e. The van der Waals surface area contributed by atoms with E-state index in [-0.39, 0.29) is 0 Å². The molecule has 5 nitrogen and oxygen atoms in total. The second kappa shape index (κ2) is 5.63. The highest BCUT2D eigenvalue weighted by molar-refractivity contribution is 6.41. The van der Waals surface area contributed by atoms with Gasteiger partial charge in [0.05, 0.1) is 0 Å². The van der Waals surface area contributed by atoms with Gasteiger partial charge in [-0.3, -0.25) is 9.59 Å². The van der Waals surface area contributed by atoms with Crippen LogP contribution in [0.25, 0.3) is 0 Å². The number of carbonyl (C=O) groups excluding carboxylic acids is 2. The second-order valence-electron chi connectivity index (χ2n) is 5.31. The molecule has 0 radical (unpaired) electrons. The number of nitrogens with zero attached hydrogens (tertiary/aromatic N) is 1. The molecule has 1 aromatic carbocycles. The summed E-state index contributed by atoms with van der Waals surface area (Å²) in [5, 5.41) is 6.07. The molecule has 0 saturated carbocycles. The summed E-state index contributed by atoms with van der Waals surface area (Å²) in [5.41, 5.74) is 2.01. The summed E-state index contributed by atoms with van der Waals surface area (Å²) in [7, 11) is 0. The highest BCUT2D eigenvalue weighted by atomic mass is 16.2. The maximum atomic E-state index is 11.9. The lowest BCUT2D eigenvalue weighted by Gasteiger charge is -2.28. The fourth-order valence-electron chi connectivity index (χ4n) is 2.87. The quantitative estimate of drug-likeness (QED) is 0.789. The molecule has 2 aliphatic rings. The molecule has 2 N–H and O–H groups in total. The van der Waals surface area contributed by atoms with Gasteiger partial charge < -0.3 is 15.5 Å². The van der Waals surface area contributed by atoms with Crippen LogP contribution < -0.4 is 15.5 Å². The van der Waals surface area contributed by atoms with Gasteiger partial charge in [-0.2, -0.15) is 0 Å². The Hall–Kier alpha value is -1.88. The largest absolute Gasteiger partial charge is 0.346 e. The Morgan fingerprint density at radius 3 is 2.85 bits per heavy atom. The molecule has 2 amide bonds. The van der Waals surface area contributed by atoms with Crippen molar-refractivity contribution in [2.45, 2.75) is 25.3 Å². The van der Waals surface area contributed by atoms with Gasteiger partial charge in [-0.1, -0.05) is 18.6 Å². The van der Waals surface area contributed by atoms with E-state index < -0.39 is 11.8 Å². The van der Waals surface area contributed by atoms with Crippen molar-refractivity contribution in [3.05, 3.63) is 29.8 Å². The molecule has 2 heterocycles. The van der Waals surface area contributed by atoms with Gasteiger partial charge in [0.15, 0.2) is 0 Å². The number of piperazine rings is 1. The van der Waals surface area contributed by atoms with E-state index >= 15 is 0 Å². The van der Waals surface area contributed by atoms with Crippen molar-refractivity contribution >= 4 is 17.5 Å². The zero-order valence-electron chi connectivity index (χ0n) is 11.4. The summed E-state index contributed by atoms with van der Waals surface area (Å²) in [4.78, 5) is 24.9. The summed E-state index contributed by atoms with van der Waals surface area (Å²) in [5.74, 6) is -0.984. The molecule has 0 aromatic heterocycles. The van der Waals surface area contributed by atoms with Crippen molar-refractivity contribution < 1.29 is 9.59 Å². The first kappa shape index (κ1) is 13.1. The lowest BCUT2D eigenvalue weighted by Crippen LogP contribution is -2.52. The second-order valence-corrected chi connectivity index (χ2v) is 5.31. The molecule has 106 valence electrons. The van der Waals surface area contributed by atoms with E-state index in [1.807, 2.05) is 18.2 Å². The Bertz CT molecular complexity index is 524. The first-order valence-electron chi connectivity index (χ1n) is 7.19.